The van der Waals surface area contributed by atoms with Gasteiger partial charge in [-0.05, 0) is 24.6 Å². The average molecular weight is 247 g/mol. The molecule has 1 rings (SSSR count). The fourth-order valence-corrected chi connectivity index (χ4v) is 1.73. The van der Waals surface area contributed by atoms with E-state index in [0.717, 1.165) is 6.07 Å². The molecule has 0 heterocycles. The van der Waals surface area contributed by atoms with E-state index in [1.165, 1.54) is 13.0 Å². The van der Waals surface area contributed by atoms with Gasteiger partial charge in [0.15, 0.2) is 0 Å². The lowest BCUT2D eigenvalue weighted by atomic mass is 10.1. The monoisotopic (exact) mass is 247 g/mol. The summed E-state index contributed by atoms with van der Waals surface area (Å²) < 4.78 is 61.8. The standard InChI is InChI=1S/C8H10F5NS/c1-6(14)7-3-2-4-8(5-7)15(9,10,11,12)13/h2-6H,14H2,1H3. The Balaban J connectivity index is 3.37. The molecule has 1 atom stereocenters. The first-order valence-corrected chi connectivity index (χ1v) is 5.95. The number of hydrogen-bond acceptors (Lipinski definition) is 1. The van der Waals surface area contributed by atoms with Gasteiger partial charge >= 0.3 is 10.2 Å². The minimum atomic E-state index is -9.57. The van der Waals surface area contributed by atoms with Gasteiger partial charge in [-0.25, -0.2) is 0 Å². The van der Waals surface area contributed by atoms with Crippen LogP contribution in [0.1, 0.15) is 18.5 Å². The van der Waals surface area contributed by atoms with E-state index in [4.69, 9.17) is 5.73 Å². The minimum absolute atomic E-state index is 0.0285. The summed E-state index contributed by atoms with van der Waals surface area (Å²) in [5.74, 6) is 0. The van der Waals surface area contributed by atoms with E-state index in [0.29, 0.717) is 12.1 Å². The number of benzene rings is 1. The molecule has 0 aliphatic heterocycles. The zero-order chi connectivity index (χ0) is 12.0. The maximum Gasteiger partial charge on any atom is 0.310 e. The normalized spacial score (nSPS) is 19.1. The van der Waals surface area contributed by atoms with Crippen molar-refractivity contribution in [3.8, 4) is 0 Å². The van der Waals surface area contributed by atoms with Gasteiger partial charge in [-0.3, -0.25) is 0 Å². The molecule has 0 radical (unpaired) electrons. The Kier molecular flexibility index (Phi) is 2.16. The summed E-state index contributed by atoms with van der Waals surface area (Å²) in [6.45, 7) is 1.42. The minimum Gasteiger partial charge on any atom is -0.324 e. The fraction of sp³-hybridized carbons (Fsp3) is 0.250. The SMILES string of the molecule is CC(N)c1cccc(S(F)(F)(F)(F)F)c1. The Morgan fingerprint density at radius 1 is 1.13 bits per heavy atom. The predicted molar refractivity (Wildman–Crippen MR) is 50.4 cm³/mol. The van der Waals surface area contributed by atoms with E-state index < -0.39 is 21.2 Å². The van der Waals surface area contributed by atoms with Crippen LogP contribution in [0.15, 0.2) is 29.2 Å². The fourth-order valence-electron chi connectivity index (χ4n) is 1.04. The highest BCUT2D eigenvalue weighted by atomic mass is 32.5. The lowest BCUT2D eigenvalue weighted by molar-refractivity contribution is 0.364. The van der Waals surface area contributed by atoms with Crippen molar-refractivity contribution in [3.05, 3.63) is 29.8 Å². The first-order chi connectivity index (χ1) is 6.40. The van der Waals surface area contributed by atoms with E-state index in [1.54, 1.807) is 0 Å². The zero-order valence-electron chi connectivity index (χ0n) is 7.76. The van der Waals surface area contributed by atoms with Crippen LogP contribution in [0, 0.1) is 0 Å². The quantitative estimate of drug-likeness (QED) is 0.772. The van der Waals surface area contributed by atoms with Crippen molar-refractivity contribution in [2.24, 2.45) is 5.73 Å². The molecule has 0 fully saturated rings. The molecule has 0 saturated heterocycles. The van der Waals surface area contributed by atoms with Crippen molar-refractivity contribution in [1.29, 1.82) is 0 Å². The van der Waals surface area contributed by atoms with Crippen molar-refractivity contribution < 1.29 is 19.4 Å². The Hall–Kier alpha value is -0.820. The summed E-state index contributed by atoms with van der Waals surface area (Å²) in [6, 6.07) is 2.23. The number of halogens is 5. The summed E-state index contributed by atoms with van der Waals surface area (Å²) >= 11 is 0. The molecule has 0 saturated carbocycles. The van der Waals surface area contributed by atoms with Gasteiger partial charge in [0.2, 0.25) is 0 Å². The molecule has 0 amide bonds. The van der Waals surface area contributed by atoms with Crippen LogP contribution in [0.5, 0.6) is 0 Å². The van der Waals surface area contributed by atoms with E-state index >= 15 is 0 Å². The summed E-state index contributed by atoms with van der Waals surface area (Å²) in [6.07, 6.45) is 0. The van der Waals surface area contributed by atoms with Crippen LogP contribution in [-0.4, -0.2) is 0 Å². The Bertz CT molecular complexity index is 382. The number of hydrogen-bond donors (Lipinski definition) is 1. The van der Waals surface area contributed by atoms with Gasteiger partial charge in [0.05, 0.1) is 0 Å². The highest BCUT2D eigenvalue weighted by Crippen LogP contribution is 3.02. The molecule has 7 heteroatoms. The molecular formula is C8H10F5NS. The molecule has 0 bridgehead atoms. The Labute approximate surface area is 83.8 Å². The first-order valence-electron chi connectivity index (χ1n) is 4.00. The van der Waals surface area contributed by atoms with Gasteiger partial charge in [0, 0.05) is 6.04 Å². The Morgan fingerprint density at radius 3 is 2.07 bits per heavy atom. The topological polar surface area (TPSA) is 26.0 Å². The third-order valence-corrected chi connectivity index (χ3v) is 2.97. The van der Waals surface area contributed by atoms with Crippen LogP contribution in [-0.2, 0) is 0 Å². The largest absolute Gasteiger partial charge is 0.324 e. The van der Waals surface area contributed by atoms with Crippen molar-refractivity contribution >= 4 is 10.2 Å². The van der Waals surface area contributed by atoms with E-state index in [1.807, 2.05) is 0 Å². The Morgan fingerprint density at radius 2 is 1.67 bits per heavy atom. The molecule has 1 aromatic carbocycles. The summed E-state index contributed by atoms with van der Waals surface area (Å²) in [4.78, 5) is -1.90. The second kappa shape index (κ2) is 2.65. The second-order valence-corrected chi connectivity index (χ2v) is 5.74. The summed E-state index contributed by atoms with van der Waals surface area (Å²) in [5.41, 5.74) is 5.34. The van der Waals surface area contributed by atoms with Gasteiger partial charge in [-0.15, -0.1) is 0 Å². The lowest BCUT2D eigenvalue weighted by Crippen LogP contribution is -2.09. The van der Waals surface area contributed by atoms with Crippen LogP contribution in [0.4, 0.5) is 19.4 Å². The molecule has 2 N–H and O–H groups in total. The van der Waals surface area contributed by atoms with Crippen molar-refractivity contribution in [2.45, 2.75) is 17.9 Å². The van der Waals surface area contributed by atoms with Crippen LogP contribution in [0.2, 0.25) is 0 Å². The van der Waals surface area contributed by atoms with Gasteiger partial charge in [0.25, 0.3) is 0 Å². The van der Waals surface area contributed by atoms with Crippen LogP contribution >= 0.6 is 10.2 Å². The van der Waals surface area contributed by atoms with Crippen molar-refractivity contribution in [1.82, 2.24) is 0 Å². The molecule has 1 aromatic rings. The number of rotatable bonds is 2. The molecule has 0 aliphatic carbocycles. The van der Waals surface area contributed by atoms with Gasteiger partial charge < -0.3 is 5.73 Å². The van der Waals surface area contributed by atoms with E-state index in [2.05, 4.69) is 0 Å². The number of nitrogens with two attached hydrogens (primary N) is 1. The van der Waals surface area contributed by atoms with E-state index in [9.17, 15) is 19.4 Å². The molecular weight excluding hydrogens is 237 g/mol. The molecule has 0 spiro atoms. The molecule has 88 valence electrons. The summed E-state index contributed by atoms with van der Waals surface area (Å²) in [7, 11) is -9.57. The average Bonchev–Trinajstić information content (AvgIpc) is 2.00. The smallest absolute Gasteiger partial charge is 0.310 e. The maximum atomic E-state index is 12.4. The van der Waals surface area contributed by atoms with Crippen molar-refractivity contribution in [3.63, 3.8) is 0 Å². The van der Waals surface area contributed by atoms with Gasteiger partial charge in [-0.1, -0.05) is 31.6 Å². The highest BCUT2D eigenvalue weighted by Gasteiger charge is 2.65. The third kappa shape index (κ3) is 3.07. The summed E-state index contributed by atoms with van der Waals surface area (Å²) in [5, 5.41) is 0. The lowest BCUT2D eigenvalue weighted by Gasteiger charge is -2.40. The maximum absolute atomic E-state index is 12.4. The zero-order valence-corrected chi connectivity index (χ0v) is 8.58. The van der Waals surface area contributed by atoms with Crippen LogP contribution in [0.3, 0.4) is 0 Å². The second-order valence-electron chi connectivity index (χ2n) is 3.33. The third-order valence-electron chi connectivity index (χ3n) is 1.83. The van der Waals surface area contributed by atoms with Crippen LogP contribution in [0.25, 0.3) is 0 Å². The molecule has 0 aliphatic rings. The first kappa shape index (κ1) is 12.3. The van der Waals surface area contributed by atoms with Crippen molar-refractivity contribution in [2.75, 3.05) is 0 Å². The molecule has 1 unspecified atom stereocenters. The highest BCUT2D eigenvalue weighted by molar-refractivity contribution is 8.45. The predicted octanol–water partition coefficient (Wildman–Crippen LogP) is 4.36. The van der Waals surface area contributed by atoms with Gasteiger partial charge in [0.1, 0.15) is 4.90 Å². The van der Waals surface area contributed by atoms with Gasteiger partial charge in [-0.2, -0.15) is 0 Å². The molecule has 1 nitrogen and oxygen atoms in total. The molecule has 0 aromatic heterocycles. The molecule has 15 heavy (non-hydrogen) atoms. The van der Waals surface area contributed by atoms with Crippen LogP contribution < -0.4 is 5.73 Å². The van der Waals surface area contributed by atoms with E-state index in [-0.39, 0.29) is 5.56 Å².